The molecular weight excluding hydrogens is 367 g/mol. The summed E-state index contributed by atoms with van der Waals surface area (Å²) in [4.78, 5) is 0. The molecule has 0 aliphatic heterocycles. The normalized spacial score (nSPS) is 12.9. The minimum atomic E-state index is -1.12. The Morgan fingerprint density at radius 1 is 0.793 bits per heavy atom. The molecule has 2 rings (SSSR count). The van der Waals surface area contributed by atoms with E-state index in [1.54, 1.807) is 33.5 Å². The van der Waals surface area contributed by atoms with E-state index in [0.29, 0.717) is 0 Å². The second-order valence-corrected chi connectivity index (χ2v) is 7.46. The Morgan fingerprint density at radius 3 is 2.00 bits per heavy atom. The van der Waals surface area contributed by atoms with Crippen molar-refractivity contribution in [1.82, 2.24) is 0 Å². The van der Waals surface area contributed by atoms with E-state index in [9.17, 15) is 4.39 Å². The quantitative estimate of drug-likeness (QED) is 0.269. The maximum Gasteiger partial charge on any atom is 0.289 e. The summed E-state index contributed by atoms with van der Waals surface area (Å²) in [6.45, 7) is 2.23. The molecule has 0 radical (unpaired) electrons. The average Bonchev–Trinajstić information content (AvgIpc) is 2.76. The highest BCUT2D eigenvalue weighted by atomic mass is 19.1. The molecule has 29 heavy (non-hydrogen) atoms. The summed E-state index contributed by atoms with van der Waals surface area (Å²) < 4.78 is 30.6. The number of hydrogen-bond acceptors (Lipinski definition) is 3. The van der Waals surface area contributed by atoms with Gasteiger partial charge in [-0.1, -0.05) is 81.8 Å². The summed E-state index contributed by atoms with van der Waals surface area (Å²) >= 11 is 0. The summed E-state index contributed by atoms with van der Waals surface area (Å²) in [5, 5.41) is 0. The SMILES string of the molecule is CCCCCCCCC(c1ccc(-c2cccc(F)c2)cc1)C(OC)(OC)OC. The van der Waals surface area contributed by atoms with Crippen LogP contribution >= 0.6 is 0 Å². The molecule has 0 aromatic heterocycles. The zero-order valence-corrected chi connectivity index (χ0v) is 18.2. The molecule has 0 heterocycles. The first-order chi connectivity index (χ1) is 14.1. The van der Waals surface area contributed by atoms with Crippen molar-refractivity contribution >= 4 is 0 Å². The molecule has 0 saturated carbocycles. The molecule has 1 atom stereocenters. The number of unbranched alkanes of at least 4 members (excludes halogenated alkanes) is 5. The molecule has 0 bridgehead atoms. The Balaban J connectivity index is 2.18. The van der Waals surface area contributed by atoms with Gasteiger partial charge in [-0.15, -0.1) is 0 Å². The van der Waals surface area contributed by atoms with Crippen molar-refractivity contribution in [2.45, 2.75) is 63.8 Å². The molecule has 160 valence electrons. The summed E-state index contributed by atoms with van der Waals surface area (Å²) in [6, 6.07) is 14.8. The first-order valence-electron chi connectivity index (χ1n) is 10.6. The van der Waals surface area contributed by atoms with Crippen LogP contribution in [-0.2, 0) is 14.2 Å². The fourth-order valence-electron chi connectivity index (χ4n) is 3.93. The lowest BCUT2D eigenvalue weighted by Gasteiger charge is -2.36. The maximum atomic E-state index is 13.6. The van der Waals surface area contributed by atoms with Gasteiger partial charge in [0.25, 0.3) is 5.97 Å². The van der Waals surface area contributed by atoms with Gasteiger partial charge < -0.3 is 14.2 Å². The first kappa shape index (κ1) is 23.5. The van der Waals surface area contributed by atoms with Gasteiger partial charge in [0, 0.05) is 21.3 Å². The van der Waals surface area contributed by atoms with E-state index in [1.165, 1.54) is 38.2 Å². The van der Waals surface area contributed by atoms with Gasteiger partial charge in [0.2, 0.25) is 0 Å². The second kappa shape index (κ2) is 12.1. The fourth-order valence-corrected chi connectivity index (χ4v) is 3.93. The number of hydrogen-bond donors (Lipinski definition) is 0. The molecule has 3 nitrogen and oxygen atoms in total. The van der Waals surface area contributed by atoms with Gasteiger partial charge in [0.05, 0.1) is 5.92 Å². The molecule has 0 N–H and O–H groups in total. The lowest BCUT2D eigenvalue weighted by molar-refractivity contribution is -0.365. The zero-order valence-electron chi connectivity index (χ0n) is 18.2. The molecule has 0 fully saturated rings. The van der Waals surface area contributed by atoms with Crippen LogP contribution in [0.25, 0.3) is 11.1 Å². The highest BCUT2D eigenvalue weighted by Gasteiger charge is 2.40. The predicted molar refractivity (Wildman–Crippen MR) is 116 cm³/mol. The minimum Gasteiger partial charge on any atom is -0.330 e. The third-order valence-electron chi connectivity index (χ3n) is 5.60. The zero-order chi connectivity index (χ0) is 21.1. The highest BCUT2D eigenvalue weighted by molar-refractivity contribution is 5.63. The Labute approximate surface area is 175 Å². The molecule has 0 saturated heterocycles. The van der Waals surface area contributed by atoms with Gasteiger partial charge >= 0.3 is 0 Å². The van der Waals surface area contributed by atoms with Gasteiger partial charge in [0.1, 0.15) is 5.82 Å². The molecule has 2 aromatic rings. The van der Waals surface area contributed by atoms with Gasteiger partial charge in [0.15, 0.2) is 0 Å². The van der Waals surface area contributed by atoms with E-state index in [2.05, 4.69) is 19.1 Å². The van der Waals surface area contributed by atoms with Crippen molar-refractivity contribution in [2.24, 2.45) is 0 Å². The maximum absolute atomic E-state index is 13.6. The lowest BCUT2D eigenvalue weighted by Crippen LogP contribution is -2.42. The van der Waals surface area contributed by atoms with E-state index in [0.717, 1.165) is 29.5 Å². The van der Waals surface area contributed by atoms with Gasteiger partial charge in [-0.25, -0.2) is 4.39 Å². The van der Waals surface area contributed by atoms with Crippen molar-refractivity contribution in [3.05, 3.63) is 59.9 Å². The average molecular weight is 403 g/mol. The van der Waals surface area contributed by atoms with Crippen molar-refractivity contribution in [1.29, 1.82) is 0 Å². The third kappa shape index (κ3) is 6.36. The number of ether oxygens (including phenoxy) is 3. The fraction of sp³-hybridized carbons (Fsp3) is 0.520. The predicted octanol–water partition coefficient (Wildman–Crippen LogP) is 6.92. The molecular formula is C25H35FO3. The van der Waals surface area contributed by atoms with Crippen molar-refractivity contribution in [3.8, 4) is 11.1 Å². The monoisotopic (exact) mass is 402 g/mol. The van der Waals surface area contributed by atoms with E-state index < -0.39 is 5.97 Å². The van der Waals surface area contributed by atoms with Crippen LogP contribution in [0, 0.1) is 5.82 Å². The molecule has 0 amide bonds. The second-order valence-electron chi connectivity index (χ2n) is 7.46. The Kier molecular flexibility index (Phi) is 9.79. The third-order valence-corrected chi connectivity index (χ3v) is 5.60. The van der Waals surface area contributed by atoms with Gasteiger partial charge in [-0.2, -0.15) is 0 Å². The van der Waals surface area contributed by atoms with Crippen LogP contribution in [0.5, 0.6) is 0 Å². The van der Waals surface area contributed by atoms with E-state index in [1.807, 2.05) is 18.2 Å². The topological polar surface area (TPSA) is 27.7 Å². The molecule has 1 unspecified atom stereocenters. The minimum absolute atomic E-state index is 0.0600. The number of rotatable bonds is 13. The molecule has 4 heteroatoms. The molecule has 0 aliphatic rings. The summed E-state index contributed by atoms with van der Waals surface area (Å²) in [5.41, 5.74) is 2.93. The Morgan fingerprint density at radius 2 is 1.41 bits per heavy atom. The van der Waals surface area contributed by atoms with Crippen molar-refractivity contribution < 1.29 is 18.6 Å². The lowest BCUT2D eigenvalue weighted by atomic mass is 9.89. The van der Waals surface area contributed by atoms with Crippen LogP contribution in [0.3, 0.4) is 0 Å². The highest BCUT2D eigenvalue weighted by Crippen LogP contribution is 2.38. The van der Waals surface area contributed by atoms with Crippen LogP contribution in [0.15, 0.2) is 48.5 Å². The van der Waals surface area contributed by atoms with E-state index in [4.69, 9.17) is 14.2 Å². The molecule has 0 aliphatic carbocycles. The van der Waals surface area contributed by atoms with Gasteiger partial charge in [-0.05, 0) is 35.2 Å². The number of methoxy groups -OCH3 is 3. The molecule has 0 spiro atoms. The van der Waals surface area contributed by atoms with Gasteiger partial charge in [-0.3, -0.25) is 0 Å². The summed E-state index contributed by atoms with van der Waals surface area (Å²) in [7, 11) is 4.84. The summed E-state index contributed by atoms with van der Waals surface area (Å²) in [6.07, 6.45) is 8.25. The summed E-state index contributed by atoms with van der Waals surface area (Å²) in [5.74, 6) is -1.41. The smallest absolute Gasteiger partial charge is 0.289 e. The van der Waals surface area contributed by atoms with Crippen molar-refractivity contribution in [2.75, 3.05) is 21.3 Å². The van der Waals surface area contributed by atoms with E-state index >= 15 is 0 Å². The van der Waals surface area contributed by atoms with Crippen LogP contribution in [0.2, 0.25) is 0 Å². The van der Waals surface area contributed by atoms with Crippen LogP contribution in [0.1, 0.15) is 63.4 Å². The standard InChI is InChI=1S/C25H35FO3/c1-5-6-7-8-9-10-14-24(25(27-2,28-3)29-4)21-17-15-20(16-18-21)22-12-11-13-23(26)19-22/h11-13,15-19,24H,5-10,14H2,1-4H3. The van der Waals surface area contributed by atoms with Crippen molar-refractivity contribution in [3.63, 3.8) is 0 Å². The van der Waals surface area contributed by atoms with Crippen LogP contribution in [-0.4, -0.2) is 27.3 Å². The first-order valence-corrected chi connectivity index (χ1v) is 10.6. The largest absolute Gasteiger partial charge is 0.330 e. The Bertz CT molecular complexity index is 702. The molecule has 2 aromatic carbocycles. The Hall–Kier alpha value is -1.75. The number of halogens is 1. The van der Waals surface area contributed by atoms with Crippen LogP contribution < -0.4 is 0 Å². The number of benzene rings is 2. The van der Waals surface area contributed by atoms with Crippen LogP contribution in [0.4, 0.5) is 4.39 Å². The van der Waals surface area contributed by atoms with E-state index in [-0.39, 0.29) is 11.7 Å².